The Labute approximate surface area is 362 Å². The first-order chi connectivity index (χ1) is 30.3. The summed E-state index contributed by atoms with van der Waals surface area (Å²) in [5, 5.41) is 47.5. The van der Waals surface area contributed by atoms with Gasteiger partial charge in [-0.1, -0.05) is 54.6 Å². The quantitative estimate of drug-likeness (QED) is 0.0227. The van der Waals surface area contributed by atoms with E-state index in [2.05, 4.69) is 31.6 Å². The first-order valence-corrected chi connectivity index (χ1v) is 20.6. The van der Waals surface area contributed by atoms with Crippen molar-refractivity contribution in [3.05, 3.63) is 88.5 Å². The molecule has 1 aromatic heterocycles. The molecule has 338 valence electrons. The summed E-state index contributed by atoms with van der Waals surface area (Å²) in [6.07, 6.45) is -3.27. The summed E-state index contributed by atoms with van der Waals surface area (Å²) in [5.74, 6) is -3.29. The van der Waals surface area contributed by atoms with Crippen molar-refractivity contribution in [1.82, 2.24) is 26.3 Å². The summed E-state index contributed by atoms with van der Waals surface area (Å²) in [7, 11) is 0. The molecular weight excluding hydrogens is 821 g/mol. The number of carbonyl (C=O) groups is 5. The number of hydrogen-bond donors (Lipinski definition) is 8. The van der Waals surface area contributed by atoms with Gasteiger partial charge in [0.05, 0.1) is 34.9 Å². The third-order valence-electron chi connectivity index (χ3n) is 10.3. The van der Waals surface area contributed by atoms with E-state index in [0.29, 0.717) is 48.0 Å². The fourth-order valence-corrected chi connectivity index (χ4v) is 7.15. The fourth-order valence-electron chi connectivity index (χ4n) is 7.15. The van der Waals surface area contributed by atoms with Gasteiger partial charge in [-0.3, -0.25) is 34.1 Å². The highest BCUT2D eigenvalue weighted by atomic mass is 16.7. The van der Waals surface area contributed by atoms with Crippen LogP contribution in [0.1, 0.15) is 51.5 Å². The number of aliphatic hydroxyl groups excluding tert-OH is 2. The summed E-state index contributed by atoms with van der Waals surface area (Å²) >= 11 is 0. The number of nitro benzene ring substituents is 1. The number of primary amides is 1. The molecule has 3 aromatic carbocycles. The molecule has 0 saturated carbocycles. The lowest BCUT2D eigenvalue weighted by molar-refractivity contribution is -0.383. The van der Waals surface area contributed by atoms with Crippen molar-refractivity contribution in [2.45, 2.75) is 95.3 Å². The molecule has 1 fully saturated rings. The smallest absolute Gasteiger partial charge is 0.280 e. The van der Waals surface area contributed by atoms with Crippen molar-refractivity contribution in [1.29, 1.82) is 0 Å². The van der Waals surface area contributed by atoms with Gasteiger partial charge in [0.2, 0.25) is 29.5 Å². The number of hydrogen-bond acceptors (Lipinski definition) is 14. The predicted octanol–water partition coefficient (Wildman–Crippen LogP) is 1.43. The number of nitrogens with zero attached hydrogens (tertiary/aromatic N) is 2. The van der Waals surface area contributed by atoms with E-state index >= 15 is 0 Å². The molecular formula is C43H54N8O12. The second-order valence-corrected chi connectivity index (χ2v) is 15.1. The molecule has 4 aromatic rings. The Morgan fingerprint density at radius 2 is 1.63 bits per heavy atom. The van der Waals surface area contributed by atoms with Crippen molar-refractivity contribution in [2.75, 3.05) is 31.6 Å². The zero-order valence-corrected chi connectivity index (χ0v) is 35.0. The SMILES string of the molecule is CC(=O)N[C@H]1[C@@H](OCc2ccccc2)O[C@H](CO)[C@@H](O)[C@@H]1OCC(=O)N[C@@H](C)C(=O)N[C@H](CCC(=O)NCCCCCNc1c2ccccc2nc2cccc([N+](=O)[O-])c12)C(N)=O. The molecule has 20 heteroatoms. The number of unbranched alkanes of at least 4 members (excludes halogenated alkanes) is 2. The van der Waals surface area contributed by atoms with Crippen molar-refractivity contribution in [3.8, 4) is 0 Å². The minimum atomic E-state index is -1.48. The van der Waals surface area contributed by atoms with E-state index in [-0.39, 0.29) is 31.0 Å². The minimum Gasteiger partial charge on any atom is -0.394 e. The Bertz CT molecular complexity index is 2230. The van der Waals surface area contributed by atoms with Gasteiger partial charge in [0.1, 0.15) is 48.4 Å². The molecule has 5 amide bonds. The molecule has 5 rings (SSSR count). The minimum absolute atomic E-state index is 0.0389. The zero-order chi connectivity index (χ0) is 45.5. The van der Waals surface area contributed by atoms with Crippen molar-refractivity contribution in [2.24, 2.45) is 5.73 Å². The summed E-state index contributed by atoms with van der Waals surface area (Å²) in [6, 6.07) is 17.8. The Morgan fingerprint density at radius 1 is 0.921 bits per heavy atom. The van der Waals surface area contributed by atoms with Crippen LogP contribution in [0.2, 0.25) is 0 Å². The number of carbonyl (C=O) groups excluding carboxylic acids is 5. The van der Waals surface area contributed by atoms with Crippen molar-refractivity contribution in [3.63, 3.8) is 0 Å². The standard InChI is InChI=1S/C43H54N8O12/c1-25(47-35(55)24-61-40-38(48-26(2)53)43(63-33(22-52)39(40)56)62-23-27-12-5-3-6-13-27)42(58)50-31(41(44)57)18-19-34(54)45-20-9-4-10-21-46-37-28-14-7-8-15-29(28)49-30-16-11-17-32(36(30)37)51(59)60/h3,5-8,11-17,25,31,33,38-40,43,52,56H,4,9-10,18-24H2,1-2H3,(H2,44,57)(H,45,54)(H,46,49)(H,47,55)(H,48,53)(H,50,58)/t25-,31+,33+,38+,39+,40+,43-/m0/s1. The maximum Gasteiger partial charge on any atom is 0.280 e. The highest BCUT2D eigenvalue weighted by molar-refractivity contribution is 6.11. The van der Waals surface area contributed by atoms with Crippen LogP contribution in [0.3, 0.4) is 0 Å². The number of aromatic nitrogens is 1. The number of nitrogens with one attached hydrogen (secondary N) is 5. The Balaban J connectivity index is 1.03. The number of non-ortho nitro benzene ring substituents is 1. The molecule has 1 saturated heterocycles. The Hall–Kier alpha value is -6.32. The predicted molar refractivity (Wildman–Crippen MR) is 230 cm³/mol. The summed E-state index contributed by atoms with van der Waals surface area (Å²) < 4.78 is 17.4. The molecule has 0 spiro atoms. The Morgan fingerprint density at radius 3 is 2.35 bits per heavy atom. The number of fused-ring (bicyclic) bond motifs is 2. The molecule has 20 nitrogen and oxygen atoms in total. The van der Waals surface area contributed by atoms with E-state index in [0.717, 1.165) is 17.4 Å². The van der Waals surface area contributed by atoms with Gasteiger partial charge in [-0.25, -0.2) is 4.98 Å². The highest BCUT2D eigenvalue weighted by Gasteiger charge is 2.47. The molecule has 1 aliphatic heterocycles. The number of nitrogens with two attached hydrogens (primary N) is 1. The van der Waals surface area contributed by atoms with Crippen molar-refractivity contribution >= 4 is 62.7 Å². The van der Waals surface area contributed by atoms with Crippen LogP contribution >= 0.6 is 0 Å². The van der Waals surface area contributed by atoms with Gasteiger partial charge in [0, 0.05) is 37.9 Å². The van der Waals surface area contributed by atoms with Gasteiger partial charge in [-0.15, -0.1) is 0 Å². The number of pyridine rings is 1. The van der Waals surface area contributed by atoms with Crippen LogP contribution in [0.25, 0.3) is 21.8 Å². The molecule has 1 aliphatic rings. The van der Waals surface area contributed by atoms with Crippen LogP contribution in [0.5, 0.6) is 0 Å². The van der Waals surface area contributed by atoms with Gasteiger partial charge in [0.25, 0.3) is 5.69 Å². The van der Waals surface area contributed by atoms with Crippen LogP contribution in [-0.4, -0.2) is 119 Å². The summed E-state index contributed by atoms with van der Waals surface area (Å²) in [6.45, 7) is 2.23. The van der Waals surface area contributed by atoms with E-state index in [4.69, 9.17) is 19.9 Å². The lowest BCUT2D eigenvalue weighted by atomic mass is 9.96. The Kier molecular flexibility index (Phi) is 17.6. The number of amides is 5. The monoisotopic (exact) mass is 874 g/mol. The van der Waals surface area contributed by atoms with E-state index < -0.39 is 84.5 Å². The number of ether oxygens (including phenoxy) is 3. The van der Waals surface area contributed by atoms with E-state index in [1.54, 1.807) is 12.1 Å². The number of nitro groups is 1. The van der Waals surface area contributed by atoms with Crippen LogP contribution in [-0.2, 0) is 44.8 Å². The van der Waals surface area contributed by atoms with E-state index in [1.807, 2.05) is 54.6 Å². The number of rotatable bonds is 23. The molecule has 9 N–H and O–H groups in total. The normalized spacial score (nSPS) is 19.4. The third-order valence-corrected chi connectivity index (χ3v) is 10.3. The molecule has 0 bridgehead atoms. The average Bonchev–Trinajstić information content (AvgIpc) is 3.26. The third kappa shape index (κ3) is 13.3. The zero-order valence-electron chi connectivity index (χ0n) is 35.0. The maximum absolute atomic E-state index is 13.0. The number of para-hydroxylation sites is 1. The van der Waals surface area contributed by atoms with Crippen LogP contribution in [0, 0.1) is 10.1 Å². The molecule has 7 atom stereocenters. The summed E-state index contributed by atoms with van der Waals surface area (Å²) in [4.78, 5) is 78.9. The lowest BCUT2D eigenvalue weighted by Gasteiger charge is -2.44. The van der Waals surface area contributed by atoms with Gasteiger partial charge in [-0.2, -0.15) is 0 Å². The highest BCUT2D eigenvalue weighted by Crippen LogP contribution is 2.36. The molecule has 2 heterocycles. The molecule has 0 aliphatic carbocycles. The maximum atomic E-state index is 13.0. The topological polar surface area (TPSA) is 296 Å². The van der Waals surface area contributed by atoms with Crippen LogP contribution < -0.4 is 32.3 Å². The van der Waals surface area contributed by atoms with Crippen LogP contribution in [0.15, 0.2) is 72.8 Å². The van der Waals surface area contributed by atoms with E-state index in [1.165, 1.54) is 19.9 Å². The number of anilines is 1. The van der Waals surface area contributed by atoms with Crippen LogP contribution in [0.4, 0.5) is 11.4 Å². The first-order valence-electron chi connectivity index (χ1n) is 20.6. The summed E-state index contributed by atoms with van der Waals surface area (Å²) in [5.41, 5.74) is 8.13. The van der Waals surface area contributed by atoms with Gasteiger partial charge in [-0.05, 0) is 50.3 Å². The van der Waals surface area contributed by atoms with Gasteiger partial charge >= 0.3 is 0 Å². The van der Waals surface area contributed by atoms with Gasteiger partial charge in [0.15, 0.2) is 6.29 Å². The number of benzene rings is 3. The molecule has 0 unspecified atom stereocenters. The van der Waals surface area contributed by atoms with Gasteiger partial charge < -0.3 is 56.7 Å². The lowest BCUT2D eigenvalue weighted by Crippen LogP contribution is -2.65. The fraction of sp³-hybridized carbons (Fsp3) is 0.442. The van der Waals surface area contributed by atoms with E-state index in [9.17, 15) is 44.3 Å². The largest absolute Gasteiger partial charge is 0.394 e. The van der Waals surface area contributed by atoms with Crippen molar-refractivity contribution < 1.29 is 53.3 Å². The first kappa shape index (κ1) is 47.7. The average molecular weight is 875 g/mol. The second kappa shape index (κ2) is 23.2. The molecule has 0 radical (unpaired) electrons. The molecule has 63 heavy (non-hydrogen) atoms. The number of aliphatic hydroxyl groups is 2. The second-order valence-electron chi connectivity index (χ2n) is 15.1.